The lowest BCUT2D eigenvalue weighted by molar-refractivity contribution is -0.139. The smallest absolute Gasteiger partial charge is 0.264 e. The third kappa shape index (κ3) is 7.47. The van der Waals surface area contributed by atoms with Crippen molar-refractivity contribution in [2.45, 2.75) is 71.0 Å². The molecule has 214 valence electrons. The van der Waals surface area contributed by atoms with Crippen LogP contribution in [-0.2, 0) is 32.6 Å². The fourth-order valence-electron chi connectivity index (χ4n) is 4.24. The number of amides is 2. The van der Waals surface area contributed by atoms with Gasteiger partial charge in [-0.2, -0.15) is 0 Å². The molecule has 7 nitrogen and oxygen atoms in total. The van der Waals surface area contributed by atoms with Crippen LogP contribution in [0.3, 0.4) is 0 Å². The van der Waals surface area contributed by atoms with Crippen LogP contribution in [0, 0.1) is 12.7 Å². The number of hydrogen-bond donors (Lipinski definition) is 1. The summed E-state index contributed by atoms with van der Waals surface area (Å²) in [5.41, 5.74) is 2.68. The summed E-state index contributed by atoms with van der Waals surface area (Å²) < 4.78 is 42.7. The summed E-state index contributed by atoms with van der Waals surface area (Å²) >= 11 is 0. The van der Waals surface area contributed by atoms with E-state index in [-0.39, 0.29) is 23.4 Å². The van der Waals surface area contributed by atoms with Gasteiger partial charge in [-0.05, 0) is 75.1 Å². The van der Waals surface area contributed by atoms with E-state index in [2.05, 4.69) is 5.32 Å². The molecule has 3 aromatic rings. The first-order valence-electron chi connectivity index (χ1n) is 13.5. The lowest BCUT2D eigenvalue weighted by Gasteiger charge is -2.33. The van der Waals surface area contributed by atoms with Crippen molar-refractivity contribution in [1.82, 2.24) is 10.2 Å². The second-order valence-corrected chi connectivity index (χ2v) is 11.8. The van der Waals surface area contributed by atoms with Gasteiger partial charge >= 0.3 is 0 Å². The van der Waals surface area contributed by atoms with Crippen LogP contribution in [-0.4, -0.2) is 43.8 Å². The SMILES string of the molecule is CCc1ccccc1N(CC(=O)N(Cc1ccc(F)cc1)[C@H](C)C(=O)N[C@H](C)CC)S(=O)(=O)c1ccc(C)cc1. The number of sulfonamides is 1. The van der Waals surface area contributed by atoms with Crippen molar-refractivity contribution < 1.29 is 22.4 Å². The third-order valence-corrected chi connectivity index (χ3v) is 8.74. The quantitative estimate of drug-likeness (QED) is 0.325. The van der Waals surface area contributed by atoms with Crippen LogP contribution in [0.15, 0.2) is 77.7 Å². The Kier molecular flexibility index (Phi) is 10.5. The highest BCUT2D eigenvalue weighted by atomic mass is 32.2. The molecule has 40 heavy (non-hydrogen) atoms. The van der Waals surface area contributed by atoms with Crippen LogP contribution in [0.5, 0.6) is 0 Å². The maximum absolute atomic E-state index is 14.0. The van der Waals surface area contributed by atoms with Crippen molar-refractivity contribution in [1.29, 1.82) is 0 Å². The number of carbonyl (C=O) groups is 2. The standard InChI is InChI=1S/C31H38FN3O4S/c1-6-23(4)33-31(37)24(5)34(20-25-14-16-27(32)17-15-25)30(36)21-35(29-11-9-8-10-26(29)7-2)40(38,39)28-18-12-22(3)13-19-28/h8-19,23-24H,6-7,20-21H2,1-5H3,(H,33,37)/t23-,24-/m1/s1. The Hall–Kier alpha value is -3.72. The number of benzene rings is 3. The molecule has 0 unspecified atom stereocenters. The van der Waals surface area contributed by atoms with Crippen molar-refractivity contribution in [3.05, 3.63) is 95.3 Å². The van der Waals surface area contributed by atoms with E-state index in [0.717, 1.165) is 15.4 Å². The molecule has 1 N–H and O–H groups in total. The molecule has 0 bridgehead atoms. The summed E-state index contributed by atoms with van der Waals surface area (Å²) in [5.74, 6) is -1.33. The zero-order valence-corrected chi connectivity index (χ0v) is 24.5. The summed E-state index contributed by atoms with van der Waals surface area (Å²) in [6.07, 6.45) is 1.26. The molecule has 0 aliphatic rings. The van der Waals surface area contributed by atoms with Gasteiger partial charge in [0.05, 0.1) is 10.6 Å². The molecule has 3 aromatic carbocycles. The van der Waals surface area contributed by atoms with Gasteiger partial charge in [0, 0.05) is 12.6 Å². The Bertz CT molecular complexity index is 1410. The van der Waals surface area contributed by atoms with E-state index in [9.17, 15) is 22.4 Å². The van der Waals surface area contributed by atoms with E-state index in [1.807, 2.05) is 39.8 Å². The predicted octanol–water partition coefficient (Wildman–Crippen LogP) is 5.22. The number of hydrogen-bond acceptors (Lipinski definition) is 4. The molecule has 0 aliphatic heterocycles. The fourth-order valence-corrected chi connectivity index (χ4v) is 5.69. The lowest BCUT2D eigenvalue weighted by Crippen LogP contribution is -2.52. The average molecular weight is 568 g/mol. The van der Waals surface area contributed by atoms with Gasteiger partial charge in [-0.1, -0.05) is 61.9 Å². The average Bonchev–Trinajstić information content (AvgIpc) is 2.95. The predicted molar refractivity (Wildman–Crippen MR) is 156 cm³/mol. The zero-order chi connectivity index (χ0) is 29.4. The molecule has 9 heteroatoms. The minimum atomic E-state index is -4.14. The van der Waals surface area contributed by atoms with Gasteiger partial charge in [0.2, 0.25) is 11.8 Å². The number of aryl methyl sites for hydroxylation is 2. The van der Waals surface area contributed by atoms with E-state index >= 15 is 0 Å². The zero-order valence-electron chi connectivity index (χ0n) is 23.7. The van der Waals surface area contributed by atoms with E-state index in [4.69, 9.17) is 0 Å². The topological polar surface area (TPSA) is 86.8 Å². The van der Waals surface area contributed by atoms with Crippen LogP contribution in [0.1, 0.15) is 50.8 Å². The van der Waals surface area contributed by atoms with Gasteiger partial charge in [0.1, 0.15) is 18.4 Å². The number of anilines is 1. The molecular formula is C31H38FN3O4S. The molecule has 2 atom stereocenters. The molecule has 2 amide bonds. The van der Waals surface area contributed by atoms with E-state index in [1.165, 1.54) is 29.2 Å². The van der Waals surface area contributed by atoms with Gasteiger partial charge in [-0.15, -0.1) is 0 Å². The maximum Gasteiger partial charge on any atom is 0.264 e. The Morgan fingerprint density at radius 1 is 0.925 bits per heavy atom. The maximum atomic E-state index is 14.0. The number of nitrogens with zero attached hydrogens (tertiary/aromatic N) is 2. The van der Waals surface area contributed by atoms with Crippen molar-refractivity contribution >= 4 is 27.5 Å². The first-order valence-corrected chi connectivity index (χ1v) is 14.9. The molecule has 3 rings (SSSR count). The molecular weight excluding hydrogens is 529 g/mol. The highest BCUT2D eigenvalue weighted by Gasteiger charge is 2.33. The molecule has 0 radical (unpaired) electrons. The summed E-state index contributed by atoms with van der Waals surface area (Å²) in [7, 11) is -4.14. The molecule has 0 heterocycles. The first-order chi connectivity index (χ1) is 19.0. The monoisotopic (exact) mass is 567 g/mol. The Balaban J connectivity index is 2.06. The highest BCUT2D eigenvalue weighted by molar-refractivity contribution is 7.92. The summed E-state index contributed by atoms with van der Waals surface area (Å²) in [4.78, 5) is 28.5. The number of nitrogens with one attached hydrogen (secondary N) is 1. The number of carbonyl (C=O) groups excluding carboxylic acids is 2. The van der Waals surface area contributed by atoms with Crippen LogP contribution < -0.4 is 9.62 Å². The molecule has 0 aliphatic carbocycles. The van der Waals surface area contributed by atoms with Crippen molar-refractivity contribution in [3.63, 3.8) is 0 Å². The fraction of sp³-hybridized carbons (Fsp3) is 0.355. The normalized spacial score (nSPS) is 12.8. The Morgan fingerprint density at radius 2 is 1.55 bits per heavy atom. The molecule has 0 saturated heterocycles. The van der Waals surface area contributed by atoms with Gasteiger partial charge in [0.25, 0.3) is 10.0 Å². The van der Waals surface area contributed by atoms with E-state index < -0.39 is 34.3 Å². The number of para-hydroxylation sites is 1. The van der Waals surface area contributed by atoms with E-state index in [1.54, 1.807) is 43.3 Å². The van der Waals surface area contributed by atoms with Crippen molar-refractivity contribution in [2.24, 2.45) is 0 Å². The summed E-state index contributed by atoms with van der Waals surface area (Å²) in [6, 6.07) is 18.2. The summed E-state index contributed by atoms with van der Waals surface area (Å²) in [6.45, 7) is 8.68. The first kappa shape index (κ1) is 30.8. The van der Waals surface area contributed by atoms with Gasteiger partial charge in [-0.3, -0.25) is 13.9 Å². The second-order valence-electron chi connectivity index (χ2n) is 9.95. The van der Waals surface area contributed by atoms with Gasteiger partial charge in [0.15, 0.2) is 0 Å². The molecule has 0 saturated carbocycles. The molecule has 0 aromatic heterocycles. The third-order valence-electron chi connectivity index (χ3n) is 6.96. The van der Waals surface area contributed by atoms with Crippen LogP contribution in [0.25, 0.3) is 0 Å². The van der Waals surface area contributed by atoms with Gasteiger partial charge in [-0.25, -0.2) is 12.8 Å². The largest absolute Gasteiger partial charge is 0.352 e. The number of halogens is 1. The summed E-state index contributed by atoms with van der Waals surface area (Å²) in [5, 5.41) is 2.90. The van der Waals surface area contributed by atoms with Gasteiger partial charge < -0.3 is 10.2 Å². The Morgan fingerprint density at radius 3 is 2.15 bits per heavy atom. The van der Waals surface area contributed by atoms with E-state index in [0.29, 0.717) is 24.1 Å². The van der Waals surface area contributed by atoms with Crippen LogP contribution in [0.4, 0.5) is 10.1 Å². The molecule has 0 fully saturated rings. The number of rotatable bonds is 12. The van der Waals surface area contributed by atoms with Crippen molar-refractivity contribution in [3.8, 4) is 0 Å². The lowest BCUT2D eigenvalue weighted by atomic mass is 10.1. The van der Waals surface area contributed by atoms with Crippen molar-refractivity contribution in [2.75, 3.05) is 10.8 Å². The Labute approximate surface area is 237 Å². The highest BCUT2D eigenvalue weighted by Crippen LogP contribution is 2.28. The van der Waals surface area contributed by atoms with Crippen LogP contribution >= 0.6 is 0 Å². The minimum Gasteiger partial charge on any atom is -0.352 e. The minimum absolute atomic E-state index is 0.00203. The second kappa shape index (κ2) is 13.6. The molecule has 0 spiro atoms. The van der Waals surface area contributed by atoms with Crippen LogP contribution in [0.2, 0.25) is 0 Å².